The average molecular weight is 411 g/mol. The number of anilines is 1. The van der Waals surface area contributed by atoms with Gasteiger partial charge in [-0.25, -0.2) is 0 Å². The first kappa shape index (κ1) is 20.0. The van der Waals surface area contributed by atoms with Crippen LogP contribution in [0.3, 0.4) is 0 Å². The molecule has 154 valence electrons. The number of benzene rings is 2. The molecule has 2 heterocycles. The summed E-state index contributed by atoms with van der Waals surface area (Å²) in [6.45, 7) is 1.97. The van der Waals surface area contributed by atoms with Gasteiger partial charge in [-0.05, 0) is 36.8 Å². The van der Waals surface area contributed by atoms with Gasteiger partial charge in [0.2, 0.25) is 5.91 Å². The molecule has 0 fully saturated rings. The quantitative estimate of drug-likeness (QED) is 0.521. The number of hydrogen-bond acceptors (Lipinski definition) is 4. The Hall–Kier alpha value is -4.26. The van der Waals surface area contributed by atoms with E-state index in [0.717, 1.165) is 22.4 Å². The van der Waals surface area contributed by atoms with Gasteiger partial charge in [0, 0.05) is 36.1 Å². The van der Waals surface area contributed by atoms with Crippen LogP contribution in [0, 0.1) is 6.92 Å². The average Bonchev–Trinajstić information content (AvgIpc) is 3.20. The number of primary amides is 1. The van der Waals surface area contributed by atoms with Crippen LogP contribution >= 0.6 is 0 Å². The molecule has 0 unspecified atom stereocenters. The molecule has 4 rings (SSSR count). The van der Waals surface area contributed by atoms with Crippen molar-refractivity contribution >= 4 is 17.5 Å². The summed E-state index contributed by atoms with van der Waals surface area (Å²) in [5.74, 6) is -0.937. The molecule has 0 radical (unpaired) electrons. The molecule has 0 bridgehead atoms. The van der Waals surface area contributed by atoms with Gasteiger partial charge in [-0.1, -0.05) is 36.4 Å². The third-order valence-corrected chi connectivity index (χ3v) is 4.96. The number of hydrogen-bond donors (Lipinski definition) is 2. The summed E-state index contributed by atoms with van der Waals surface area (Å²) in [6.07, 6.45) is 3.26. The zero-order chi connectivity index (χ0) is 22.0. The maximum atomic E-state index is 13.1. The molecule has 4 aromatic rings. The third-order valence-electron chi connectivity index (χ3n) is 4.96. The molecular weight excluding hydrogens is 390 g/mol. The number of rotatable bonds is 5. The van der Waals surface area contributed by atoms with Gasteiger partial charge in [-0.3, -0.25) is 19.3 Å². The standard InChI is InChI=1S/C24H21N5O2/c1-15-8-9-17(12-19(15)20-10-11-29(2)28-20)24(31)27-21-13-18(23(25)30)14-26-22(21)16-6-4-3-5-7-16/h3-14H,1-2H3,(H2,25,30)(H,27,31). The van der Waals surface area contributed by atoms with Crippen molar-refractivity contribution in [1.29, 1.82) is 0 Å². The summed E-state index contributed by atoms with van der Waals surface area (Å²) in [5.41, 5.74) is 10.5. The Bertz CT molecular complexity index is 1280. The number of nitrogens with two attached hydrogens (primary N) is 1. The first-order valence-electron chi connectivity index (χ1n) is 9.69. The monoisotopic (exact) mass is 411 g/mol. The number of aryl methyl sites for hydroxylation is 2. The zero-order valence-corrected chi connectivity index (χ0v) is 17.2. The van der Waals surface area contributed by atoms with Gasteiger partial charge < -0.3 is 11.1 Å². The van der Waals surface area contributed by atoms with E-state index in [4.69, 9.17) is 5.73 Å². The van der Waals surface area contributed by atoms with Crippen LogP contribution in [0.25, 0.3) is 22.5 Å². The summed E-state index contributed by atoms with van der Waals surface area (Å²) in [5, 5.41) is 7.32. The van der Waals surface area contributed by atoms with Gasteiger partial charge in [-0.2, -0.15) is 5.10 Å². The molecule has 0 aliphatic heterocycles. The molecule has 0 spiro atoms. The number of amides is 2. The van der Waals surface area contributed by atoms with Gasteiger partial charge in [0.15, 0.2) is 0 Å². The van der Waals surface area contributed by atoms with Crippen LogP contribution in [0.15, 0.2) is 73.1 Å². The molecular formula is C24H21N5O2. The number of carbonyl (C=O) groups is 2. The van der Waals surface area contributed by atoms with E-state index in [2.05, 4.69) is 15.4 Å². The fourth-order valence-electron chi connectivity index (χ4n) is 3.31. The number of aromatic nitrogens is 3. The number of pyridine rings is 1. The van der Waals surface area contributed by atoms with Crippen molar-refractivity contribution < 1.29 is 9.59 Å². The first-order valence-corrected chi connectivity index (χ1v) is 9.69. The molecule has 7 heteroatoms. The highest BCUT2D eigenvalue weighted by Crippen LogP contribution is 2.28. The molecule has 0 saturated carbocycles. The minimum Gasteiger partial charge on any atom is -0.366 e. The molecule has 0 atom stereocenters. The van der Waals surface area contributed by atoms with Crippen LogP contribution in [0.1, 0.15) is 26.3 Å². The predicted octanol–water partition coefficient (Wildman–Crippen LogP) is 3.81. The SMILES string of the molecule is Cc1ccc(C(=O)Nc2cc(C(N)=O)cnc2-c2ccccc2)cc1-c1ccn(C)n1. The Morgan fingerprint density at radius 3 is 2.45 bits per heavy atom. The van der Waals surface area contributed by atoms with Gasteiger partial charge >= 0.3 is 0 Å². The highest BCUT2D eigenvalue weighted by molar-refractivity contribution is 6.07. The van der Waals surface area contributed by atoms with Crippen molar-refractivity contribution in [2.24, 2.45) is 12.8 Å². The Labute approximate surface area is 179 Å². The smallest absolute Gasteiger partial charge is 0.255 e. The van der Waals surface area contributed by atoms with Crippen LogP contribution in [-0.2, 0) is 7.05 Å². The van der Waals surface area contributed by atoms with Gasteiger partial charge in [0.1, 0.15) is 0 Å². The fourth-order valence-corrected chi connectivity index (χ4v) is 3.31. The minimum atomic E-state index is -0.615. The molecule has 0 aliphatic rings. The molecule has 2 aromatic carbocycles. The van der Waals surface area contributed by atoms with Gasteiger partial charge in [0.25, 0.3) is 5.91 Å². The van der Waals surface area contributed by atoms with E-state index >= 15 is 0 Å². The van der Waals surface area contributed by atoms with Gasteiger partial charge in [-0.15, -0.1) is 0 Å². The fraction of sp³-hybridized carbons (Fsp3) is 0.0833. The van der Waals surface area contributed by atoms with Crippen molar-refractivity contribution in [1.82, 2.24) is 14.8 Å². The zero-order valence-electron chi connectivity index (χ0n) is 17.2. The Kier molecular flexibility index (Phi) is 5.32. The summed E-state index contributed by atoms with van der Waals surface area (Å²) in [7, 11) is 1.85. The van der Waals surface area contributed by atoms with Crippen LogP contribution in [-0.4, -0.2) is 26.6 Å². The van der Waals surface area contributed by atoms with Crippen LogP contribution in [0.5, 0.6) is 0 Å². The second-order valence-corrected chi connectivity index (χ2v) is 7.21. The molecule has 0 aliphatic carbocycles. The van der Waals surface area contributed by atoms with Crippen LogP contribution in [0.4, 0.5) is 5.69 Å². The second-order valence-electron chi connectivity index (χ2n) is 7.21. The number of carbonyl (C=O) groups excluding carboxylic acids is 2. The van der Waals surface area contributed by atoms with E-state index in [0.29, 0.717) is 16.9 Å². The van der Waals surface area contributed by atoms with Crippen LogP contribution in [0.2, 0.25) is 0 Å². The van der Waals surface area contributed by atoms with E-state index in [1.165, 1.54) is 6.20 Å². The molecule has 31 heavy (non-hydrogen) atoms. The summed E-state index contributed by atoms with van der Waals surface area (Å²) in [4.78, 5) is 29.1. The highest BCUT2D eigenvalue weighted by Gasteiger charge is 2.16. The lowest BCUT2D eigenvalue weighted by Crippen LogP contribution is -2.16. The van der Waals surface area contributed by atoms with Crippen molar-refractivity contribution in [2.75, 3.05) is 5.32 Å². The first-order chi connectivity index (χ1) is 14.9. The molecule has 7 nitrogen and oxygen atoms in total. The molecule has 2 amide bonds. The Morgan fingerprint density at radius 1 is 1.00 bits per heavy atom. The van der Waals surface area contributed by atoms with E-state index in [9.17, 15) is 9.59 Å². The lowest BCUT2D eigenvalue weighted by Gasteiger charge is -2.13. The molecule has 3 N–H and O–H groups in total. The lowest BCUT2D eigenvalue weighted by atomic mass is 10.0. The van der Waals surface area contributed by atoms with E-state index in [1.807, 2.05) is 62.6 Å². The lowest BCUT2D eigenvalue weighted by molar-refractivity contribution is 0.0996. The molecule has 2 aromatic heterocycles. The Balaban J connectivity index is 1.71. The topological polar surface area (TPSA) is 103 Å². The maximum absolute atomic E-state index is 13.1. The van der Waals surface area contributed by atoms with E-state index in [1.54, 1.807) is 22.9 Å². The third kappa shape index (κ3) is 4.20. The largest absolute Gasteiger partial charge is 0.366 e. The van der Waals surface area contributed by atoms with Crippen molar-refractivity contribution in [3.05, 3.63) is 89.7 Å². The maximum Gasteiger partial charge on any atom is 0.255 e. The summed E-state index contributed by atoms with van der Waals surface area (Å²) in [6, 6.07) is 18.3. The van der Waals surface area contributed by atoms with E-state index in [-0.39, 0.29) is 11.5 Å². The number of nitrogens with one attached hydrogen (secondary N) is 1. The van der Waals surface area contributed by atoms with Crippen LogP contribution < -0.4 is 11.1 Å². The van der Waals surface area contributed by atoms with Crippen molar-refractivity contribution in [2.45, 2.75) is 6.92 Å². The minimum absolute atomic E-state index is 0.216. The highest BCUT2D eigenvalue weighted by atomic mass is 16.2. The van der Waals surface area contributed by atoms with Gasteiger partial charge in [0.05, 0.1) is 22.6 Å². The summed E-state index contributed by atoms with van der Waals surface area (Å²) >= 11 is 0. The normalized spacial score (nSPS) is 10.6. The van der Waals surface area contributed by atoms with E-state index < -0.39 is 5.91 Å². The van der Waals surface area contributed by atoms with Crippen molar-refractivity contribution in [3.63, 3.8) is 0 Å². The number of nitrogens with zero attached hydrogens (tertiary/aromatic N) is 3. The predicted molar refractivity (Wildman–Crippen MR) is 120 cm³/mol. The second kappa shape index (κ2) is 8.23. The summed E-state index contributed by atoms with van der Waals surface area (Å²) < 4.78 is 1.72. The molecule has 0 saturated heterocycles. The Morgan fingerprint density at radius 2 is 1.77 bits per heavy atom. The van der Waals surface area contributed by atoms with Crippen molar-refractivity contribution in [3.8, 4) is 22.5 Å².